The molecule has 0 spiro atoms. The highest BCUT2D eigenvalue weighted by atomic mass is 32.1. The Morgan fingerprint density at radius 1 is 1.27 bits per heavy atom. The highest BCUT2D eigenvalue weighted by molar-refractivity contribution is 7.16. The van der Waals surface area contributed by atoms with Crippen LogP contribution in [0.2, 0.25) is 0 Å². The van der Waals surface area contributed by atoms with Crippen LogP contribution in [-0.2, 0) is 16.0 Å². The summed E-state index contributed by atoms with van der Waals surface area (Å²) in [7, 11) is 0. The van der Waals surface area contributed by atoms with Gasteiger partial charge in [0.1, 0.15) is 5.00 Å². The number of aryl methyl sites for hydroxylation is 2. The third-order valence-corrected chi connectivity index (χ3v) is 5.24. The number of anilines is 1. The first-order valence-electron chi connectivity index (χ1n) is 8.07. The van der Waals surface area contributed by atoms with Gasteiger partial charge in [-0.3, -0.25) is 4.79 Å². The lowest BCUT2D eigenvalue weighted by atomic mass is 10.1. The lowest BCUT2D eigenvalue weighted by Gasteiger charge is -2.08. The van der Waals surface area contributed by atoms with Gasteiger partial charge in [0.05, 0.1) is 24.3 Å². The Kier molecular flexibility index (Phi) is 6.12. The number of ether oxygens (including phenoxy) is 1. The van der Waals surface area contributed by atoms with Gasteiger partial charge in [0, 0.05) is 16.1 Å². The predicted octanol–water partition coefficient (Wildman–Crippen LogP) is 3.93. The minimum absolute atomic E-state index is 0.108. The molecule has 0 aromatic carbocycles. The molecule has 0 radical (unpaired) electrons. The van der Waals surface area contributed by atoms with Gasteiger partial charge < -0.3 is 10.1 Å². The van der Waals surface area contributed by atoms with Crippen molar-refractivity contribution in [1.82, 2.24) is 9.78 Å². The van der Waals surface area contributed by atoms with Crippen LogP contribution in [0, 0.1) is 27.7 Å². The van der Waals surface area contributed by atoms with Gasteiger partial charge in [-0.05, 0) is 40.2 Å². The van der Waals surface area contributed by atoms with Crippen LogP contribution >= 0.6 is 11.3 Å². The van der Waals surface area contributed by atoms with Gasteiger partial charge in [-0.15, -0.1) is 11.3 Å². The van der Waals surface area contributed by atoms with Crippen LogP contribution < -0.4 is 5.32 Å². The van der Waals surface area contributed by atoms with E-state index >= 15 is 0 Å². The second kappa shape index (κ2) is 7.94. The molecule has 0 aliphatic carbocycles. The van der Waals surface area contributed by atoms with E-state index in [9.17, 15) is 18.4 Å². The average molecular weight is 385 g/mol. The maximum absolute atomic E-state index is 12.9. The summed E-state index contributed by atoms with van der Waals surface area (Å²) in [6, 6.07) is 0. The molecule has 1 amide bonds. The van der Waals surface area contributed by atoms with Crippen molar-refractivity contribution in [2.45, 2.75) is 47.6 Å². The van der Waals surface area contributed by atoms with Crippen molar-refractivity contribution in [3.8, 4) is 0 Å². The number of amides is 1. The summed E-state index contributed by atoms with van der Waals surface area (Å²) >= 11 is 1.28. The molecule has 0 saturated carbocycles. The number of esters is 1. The molecule has 1 N–H and O–H groups in total. The fourth-order valence-electron chi connectivity index (χ4n) is 2.64. The molecule has 2 aromatic heterocycles. The fourth-order valence-corrected chi connectivity index (χ4v) is 3.70. The van der Waals surface area contributed by atoms with Crippen LogP contribution in [0.1, 0.15) is 51.2 Å². The predicted molar refractivity (Wildman–Crippen MR) is 95.0 cm³/mol. The number of aromatic nitrogens is 2. The SMILES string of the molecule is CCOC(=O)c1c(NC(=O)Cc2c(C)nn(C(F)F)c2C)sc(C)c1C. The lowest BCUT2D eigenvalue weighted by molar-refractivity contribution is -0.115. The minimum Gasteiger partial charge on any atom is -0.462 e. The zero-order valence-corrected chi connectivity index (χ0v) is 16.1. The quantitative estimate of drug-likeness (QED) is 0.765. The molecule has 2 heterocycles. The van der Waals surface area contributed by atoms with Crippen LogP contribution in [0.4, 0.5) is 13.8 Å². The molecule has 6 nitrogen and oxygen atoms in total. The van der Waals surface area contributed by atoms with Gasteiger partial charge in [0.2, 0.25) is 5.91 Å². The van der Waals surface area contributed by atoms with E-state index in [1.54, 1.807) is 20.8 Å². The van der Waals surface area contributed by atoms with Crippen LogP contribution in [0.15, 0.2) is 0 Å². The third kappa shape index (κ3) is 3.92. The first-order valence-corrected chi connectivity index (χ1v) is 8.88. The zero-order valence-electron chi connectivity index (χ0n) is 15.3. The van der Waals surface area contributed by atoms with Gasteiger partial charge in [0.15, 0.2) is 0 Å². The van der Waals surface area contributed by atoms with E-state index in [2.05, 4.69) is 10.4 Å². The third-order valence-electron chi connectivity index (χ3n) is 4.11. The summed E-state index contributed by atoms with van der Waals surface area (Å²) < 4.78 is 31.5. The molecular formula is C17H21F2N3O3S. The number of hydrogen-bond donors (Lipinski definition) is 1. The second-order valence-electron chi connectivity index (χ2n) is 5.80. The number of rotatable bonds is 6. The van der Waals surface area contributed by atoms with E-state index in [1.807, 2.05) is 6.92 Å². The molecule has 0 aliphatic heterocycles. The summed E-state index contributed by atoms with van der Waals surface area (Å²) in [6.07, 6.45) is -0.108. The molecule has 0 fully saturated rings. The molecule has 0 aliphatic rings. The molecule has 0 unspecified atom stereocenters. The lowest BCUT2D eigenvalue weighted by Crippen LogP contribution is -2.17. The van der Waals surface area contributed by atoms with Crippen molar-refractivity contribution < 1.29 is 23.1 Å². The summed E-state index contributed by atoms with van der Waals surface area (Å²) in [5.74, 6) is -0.903. The van der Waals surface area contributed by atoms with Crippen molar-refractivity contribution >= 4 is 28.2 Å². The van der Waals surface area contributed by atoms with Crippen LogP contribution in [0.5, 0.6) is 0 Å². The van der Waals surface area contributed by atoms with Gasteiger partial charge in [-0.2, -0.15) is 13.9 Å². The highest BCUT2D eigenvalue weighted by Gasteiger charge is 2.24. The average Bonchev–Trinajstić information content (AvgIpc) is 2.98. The van der Waals surface area contributed by atoms with Gasteiger partial charge in [-0.25, -0.2) is 9.48 Å². The Labute approximate surface area is 154 Å². The summed E-state index contributed by atoms with van der Waals surface area (Å²) in [6.45, 7) is 5.89. The van der Waals surface area contributed by atoms with Crippen molar-refractivity contribution in [3.63, 3.8) is 0 Å². The Bertz CT molecular complexity index is 843. The Morgan fingerprint density at radius 2 is 1.92 bits per heavy atom. The van der Waals surface area contributed by atoms with E-state index in [1.165, 1.54) is 18.3 Å². The molecule has 26 heavy (non-hydrogen) atoms. The molecule has 142 valence electrons. The number of carbonyl (C=O) groups excluding carboxylic acids is 2. The van der Waals surface area contributed by atoms with Crippen molar-refractivity contribution in [2.24, 2.45) is 0 Å². The Balaban J connectivity index is 2.24. The molecular weight excluding hydrogens is 364 g/mol. The highest BCUT2D eigenvalue weighted by Crippen LogP contribution is 2.33. The normalized spacial score (nSPS) is 11.1. The summed E-state index contributed by atoms with van der Waals surface area (Å²) in [4.78, 5) is 25.5. The fraction of sp³-hybridized carbons (Fsp3) is 0.471. The van der Waals surface area contributed by atoms with Crippen molar-refractivity contribution in [2.75, 3.05) is 11.9 Å². The standard InChI is InChI=1S/C17H21F2N3O3S/c1-6-25-16(24)14-8(2)11(5)26-15(14)20-13(23)7-12-9(3)21-22(10(12)4)17(18)19/h17H,6-7H2,1-5H3,(H,20,23). The van der Waals surface area contributed by atoms with Gasteiger partial charge >= 0.3 is 12.5 Å². The first-order chi connectivity index (χ1) is 12.2. The van der Waals surface area contributed by atoms with Crippen molar-refractivity contribution in [1.29, 1.82) is 0 Å². The topological polar surface area (TPSA) is 73.2 Å². The number of nitrogens with one attached hydrogen (secondary N) is 1. The van der Waals surface area contributed by atoms with E-state index in [0.717, 1.165) is 10.4 Å². The van der Waals surface area contributed by atoms with Gasteiger partial charge in [0.25, 0.3) is 0 Å². The number of carbonyl (C=O) groups is 2. The van der Waals surface area contributed by atoms with Crippen LogP contribution in [0.3, 0.4) is 0 Å². The van der Waals surface area contributed by atoms with E-state index in [0.29, 0.717) is 26.5 Å². The van der Waals surface area contributed by atoms with E-state index in [-0.39, 0.29) is 18.7 Å². The molecule has 0 atom stereocenters. The minimum atomic E-state index is -2.76. The van der Waals surface area contributed by atoms with Crippen LogP contribution in [0.25, 0.3) is 0 Å². The smallest absolute Gasteiger partial charge is 0.341 e. The Morgan fingerprint density at radius 3 is 2.46 bits per heavy atom. The number of halogens is 2. The molecule has 0 saturated heterocycles. The number of nitrogens with zero attached hydrogens (tertiary/aromatic N) is 2. The van der Waals surface area contributed by atoms with Crippen molar-refractivity contribution in [3.05, 3.63) is 33.0 Å². The van der Waals surface area contributed by atoms with Gasteiger partial charge in [-0.1, -0.05) is 0 Å². The molecule has 2 aromatic rings. The van der Waals surface area contributed by atoms with E-state index in [4.69, 9.17) is 4.74 Å². The largest absolute Gasteiger partial charge is 0.462 e. The first kappa shape index (κ1) is 20.0. The summed E-state index contributed by atoms with van der Waals surface area (Å²) in [5.41, 5.74) is 2.16. The molecule has 9 heteroatoms. The monoisotopic (exact) mass is 385 g/mol. The molecule has 0 bridgehead atoms. The Hall–Kier alpha value is -2.29. The number of hydrogen-bond acceptors (Lipinski definition) is 5. The van der Waals surface area contributed by atoms with Crippen LogP contribution in [-0.4, -0.2) is 28.3 Å². The second-order valence-corrected chi connectivity index (χ2v) is 7.03. The van der Waals surface area contributed by atoms with E-state index < -0.39 is 18.4 Å². The number of alkyl halides is 2. The molecule has 2 rings (SSSR count). The zero-order chi connectivity index (χ0) is 19.6. The maximum Gasteiger partial charge on any atom is 0.341 e. The summed E-state index contributed by atoms with van der Waals surface area (Å²) in [5, 5.41) is 6.88. The number of thiophene rings is 1. The maximum atomic E-state index is 12.9.